The normalized spacial score (nSPS) is 31.0. The fourth-order valence-corrected chi connectivity index (χ4v) is 3.27. The Balaban J connectivity index is 1.89. The molecule has 3 unspecified atom stereocenters. The Morgan fingerprint density at radius 2 is 2.41 bits per heavy atom. The van der Waals surface area contributed by atoms with Crippen LogP contribution >= 0.6 is 12.2 Å². The molecule has 3 rings (SSSR count). The Morgan fingerprint density at radius 1 is 1.53 bits per heavy atom. The van der Waals surface area contributed by atoms with Gasteiger partial charge < -0.3 is 9.72 Å². The SMILES string of the molecule is CCCc1cc(=S)nc(C2CC3CCC2O3)[nH]1. The van der Waals surface area contributed by atoms with E-state index < -0.39 is 0 Å². The van der Waals surface area contributed by atoms with Crippen LogP contribution in [0.2, 0.25) is 0 Å². The van der Waals surface area contributed by atoms with Gasteiger partial charge in [-0.1, -0.05) is 25.6 Å². The van der Waals surface area contributed by atoms with Gasteiger partial charge >= 0.3 is 0 Å². The van der Waals surface area contributed by atoms with E-state index in [2.05, 4.69) is 16.9 Å². The van der Waals surface area contributed by atoms with Crippen molar-refractivity contribution >= 4 is 12.2 Å². The summed E-state index contributed by atoms with van der Waals surface area (Å²) in [6.45, 7) is 2.18. The molecule has 4 heteroatoms. The smallest absolute Gasteiger partial charge is 0.130 e. The first-order valence-corrected chi connectivity index (χ1v) is 6.92. The molecular weight excluding hydrogens is 232 g/mol. The second-order valence-electron chi connectivity index (χ2n) is 5.10. The molecular formula is C13H18N2OS. The standard InChI is InChI=1S/C13H18N2OS/c1-2-3-8-6-12(17)15-13(14-8)10-7-9-4-5-11(10)16-9/h6,9-11H,2-5,7H2,1H3,(H,14,15,17). The Kier molecular flexibility index (Phi) is 3.01. The number of fused-ring (bicyclic) bond motifs is 2. The highest BCUT2D eigenvalue weighted by atomic mass is 32.1. The topological polar surface area (TPSA) is 37.9 Å². The number of hydrogen-bond donors (Lipinski definition) is 1. The Morgan fingerprint density at radius 3 is 3.06 bits per heavy atom. The third-order valence-electron chi connectivity index (χ3n) is 3.79. The van der Waals surface area contributed by atoms with E-state index in [1.807, 2.05) is 6.07 Å². The summed E-state index contributed by atoms with van der Waals surface area (Å²) >= 11 is 5.25. The molecule has 0 amide bonds. The molecule has 1 aromatic heterocycles. The number of ether oxygens (including phenoxy) is 1. The van der Waals surface area contributed by atoms with Crippen molar-refractivity contribution in [3.8, 4) is 0 Å². The van der Waals surface area contributed by atoms with Crippen molar-refractivity contribution in [2.24, 2.45) is 0 Å². The number of aromatic amines is 1. The van der Waals surface area contributed by atoms with Crippen molar-refractivity contribution in [2.75, 3.05) is 0 Å². The molecule has 0 aromatic carbocycles. The highest BCUT2D eigenvalue weighted by molar-refractivity contribution is 7.71. The van der Waals surface area contributed by atoms with Gasteiger partial charge in [-0.3, -0.25) is 0 Å². The number of H-pyrrole nitrogens is 1. The van der Waals surface area contributed by atoms with Crippen LogP contribution in [-0.4, -0.2) is 22.2 Å². The van der Waals surface area contributed by atoms with E-state index in [-0.39, 0.29) is 0 Å². The summed E-state index contributed by atoms with van der Waals surface area (Å²) in [7, 11) is 0. The maximum absolute atomic E-state index is 5.88. The molecule has 3 heterocycles. The first-order valence-electron chi connectivity index (χ1n) is 6.52. The first kappa shape index (κ1) is 11.4. The summed E-state index contributed by atoms with van der Waals surface area (Å²) in [6.07, 6.45) is 6.51. The van der Waals surface area contributed by atoms with Crippen LogP contribution in [0.4, 0.5) is 0 Å². The van der Waals surface area contributed by atoms with Crippen LogP contribution in [0.5, 0.6) is 0 Å². The second-order valence-corrected chi connectivity index (χ2v) is 5.51. The lowest BCUT2D eigenvalue weighted by Gasteiger charge is -2.18. The summed E-state index contributed by atoms with van der Waals surface area (Å²) < 4.78 is 6.60. The number of nitrogens with zero attached hydrogens (tertiary/aromatic N) is 1. The average molecular weight is 250 g/mol. The molecule has 2 bridgehead atoms. The first-order chi connectivity index (χ1) is 8.26. The highest BCUT2D eigenvalue weighted by Gasteiger charge is 2.42. The fourth-order valence-electron chi connectivity index (χ4n) is 3.03. The largest absolute Gasteiger partial charge is 0.374 e. The lowest BCUT2D eigenvalue weighted by Crippen LogP contribution is -2.17. The van der Waals surface area contributed by atoms with Gasteiger partial charge in [0.15, 0.2) is 0 Å². The second kappa shape index (κ2) is 4.50. The highest BCUT2D eigenvalue weighted by Crippen LogP contribution is 2.43. The number of hydrogen-bond acceptors (Lipinski definition) is 3. The van der Waals surface area contributed by atoms with Crippen molar-refractivity contribution in [1.29, 1.82) is 0 Å². The quantitative estimate of drug-likeness (QED) is 0.838. The van der Waals surface area contributed by atoms with E-state index in [4.69, 9.17) is 17.0 Å². The van der Waals surface area contributed by atoms with Crippen LogP contribution in [0.3, 0.4) is 0 Å². The van der Waals surface area contributed by atoms with Gasteiger partial charge in [0.2, 0.25) is 0 Å². The van der Waals surface area contributed by atoms with E-state index in [1.165, 1.54) is 18.5 Å². The van der Waals surface area contributed by atoms with Crippen molar-refractivity contribution in [2.45, 2.75) is 57.2 Å². The van der Waals surface area contributed by atoms with E-state index >= 15 is 0 Å². The van der Waals surface area contributed by atoms with Crippen LogP contribution in [0, 0.1) is 4.64 Å². The minimum absolute atomic E-state index is 0.370. The molecule has 2 aliphatic rings. The molecule has 3 atom stereocenters. The Bertz CT molecular complexity index is 471. The van der Waals surface area contributed by atoms with Crippen LogP contribution in [-0.2, 0) is 11.2 Å². The zero-order valence-corrected chi connectivity index (χ0v) is 10.9. The van der Waals surface area contributed by atoms with E-state index in [0.717, 1.165) is 25.1 Å². The molecule has 0 radical (unpaired) electrons. The molecule has 0 aliphatic carbocycles. The van der Waals surface area contributed by atoms with Gasteiger partial charge in [-0.05, 0) is 31.7 Å². The zero-order chi connectivity index (χ0) is 11.8. The molecule has 0 saturated carbocycles. The Labute approximate surface area is 107 Å². The molecule has 3 nitrogen and oxygen atoms in total. The summed E-state index contributed by atoms with van der Waals surface area (Å²) in [5.74, 6) is 1.49. The average Bonchev–Trinajstić information content (AvgIpc) is 2.90. The number of aromatic nitrogens is 2. The summed E-state index contributed by atoms with van der Waals surface area (Å²) in [5.41, 5.74) is 1.21. The lowest BCUT2D eigenvalue weighted by molar-refractivity contribution is 0.0998. The predicted molar refractivity (Wildman–Crippen MR) is 68.7 cm³/mol. The van der Waals surface area contributed by atoms with E-state index in [0.29, 0.717) is 22.8 Å². The van der Waals surface area contributed by atoms with Gasteiger partial charge in [0.25, 0.3) is 0 Å². The molecule has 2 saturated heterocycles. The maximum atomic E-state index is 5.88. The summed E-state index contributed by atoms with van der Waals surface area (Å²) in [6, 6.07) is 1.98. The van der Waals surface area contributed by atoms with Gasteiger partial charge in [-0.2, -0.15) is 0 Å². The molecule has 0 spiro atoms. The van der Waals surface area contributed by atoms with Crippen LogP contribution < -0.4 is 0 Å². The third-order valence-corrected chi connectivity index (χ3v) is 4.00. The minimum Gasteiger partial charge on any atom is -0.374 e. The number of rotatable bonds is 3. The molecule has 1 aromatic rings. The van der Waals surface area contributed by atoms with Gasteiger partial charge in [0.1, 0.15) is 10.5 Å². The van der Waals surface area contributed by atoms with Gasteiger partial charge in [0.05, 0.1) is 12.2 Å². The van der Waals surface area contributed by atoms with Crippen molar-refractivity contribution in [3.63, 3.8) is 0 Å². The van der Waals surface area contributed by atoms with E-state index in [1.54, 1.807) is 0 Å². The molecule has 17 heavy (non-hydrogen) atoms. The number of aryl methyl sites for hydroxylation is 1. The fraction of sp³-hybridized carbons (Fsp3) is 0.692. The van der Waals surface area contributed by atoms with Crippen molar-refractivity contribution < 1.29 is 4.74 Å². The molecule has 1 N–H and O–H groups in total. The minimum atomic E-state index is 0.370. The maximum Gasteiger partial charge on any atom is 0.130 e. The van der Waals surface area contributed by atoms with Crippen molar-refractivity contribution in [1.82, 2.24) is 9.97 Å². The monoisotopic (exact) mass is 250 g/mol. The summed E-state index contributed by atoms with van der Waals surface area (Å²) in [4.78, 5) is 7.95. The van der Waals surface area contributed by atoms with Gasteiger partial charge in [-0.25, -0.2) is 4.98 Å². The van der Waals surface area contributed by atoms with E-state index in [9.17, 15) is 0 Å². The predicted octanol–water partition coefficient (Wildman–Crippen LogP) is 3.13. The van der Waals surface area contributed by atoms with Gasteiger partial charge in [-0.15, -0.1) is 0 Å². The molecule has 2 aliphatic heterocycles. The van der Waals surface area contributed by atoms with Crippen LogP contribution in [0.15, 0.2) is 6.07 Å². The lowest BCUT2D eigenvalue weighted by atomic mass is 9.88. The molecule has 92 valence electrons. The number of nitrogens with one attached hydrogen (secondary N) is 1. The van der Waals surface area contributed by atoms with Gasteiger partial charge in [0, 0.05) is 11.6 Å². The zero-order valence-electron chi connectivity index (χ0n) is 10.1. The third kappa shape index (κ3) is 2.16. The van der Waals surface area contributed by atoms with Crippen LogP contribution in [0.1, 0.15) is 50.0 Å². The molecule has 2 fully saturated rings. The summed E-state index contributed by atoms with van der Waals surface area (Å²) in [5, 5.41) is 0. The van der Waals surface area contributed by atoms with Crippen LogP contribution in [0.25, 0.3) is 0 Å². The Hall–Kier alpha value is -0.740. The van der Waals surface area contributed by atoms with Crippen molar-refractivity contribution in [3.05, 3.63) is 22.2 Å².